The fourth-order valence-corrected chi connectivity index (χ4v) is 4.03. The summed E-state index contributed by atoms with van der Waals surface area (Å²) < 4.78 is 16.1. The second-order valence-electron chi connectivity index (χ2n) is 3.00. The van der Waals surface area contributed by atoms with Crippen molar-refractivity contribution in [1.29, 1.82) is 0 Å². The summed E-state index contributed by atoms with van der Waals surface area (Å²) in [5.41, 5.74) is -2.11. The van der Waals surface area contributed by atoms with Crippen LogP contribution >= 0.6 is 7.37 Å². The highest BCUT2D eigenvalue weighted by atomic mass is 31.2. The molecule has 0 amide bonds. The smallest absolute Gasteiger partial charge is 0.272 e. The first kappa shape index (κ1) is 9.20. The Labute approximate surface area is 65.6 Å². The van der Waals surface area contributed by atoms with Crippen LogP contribution in [0.2, 0.25) is 0 Å². The number of rotatable bonds is 2. The maximum atomic E-state index is 11.5. The van der Waals surface area contributed by atoms with Crippen molar-refractivity contribution in [3.8, 4) is 0 Å². The largest absolute Gasteiger partial charge is 0.357 e. The van der Waals surface area contributed by atoms with Crippen LogP contribution in [0.15, 0.2) is 0 Å². The molecule has 0 radical (unpaired) electrons. The van der Waals surface area contributed by atoms with Crippen LogP contribution < -0.4 is 0 Å². The summed E-state index contributed by atoms with van der Waals surface area (Å²) in [5, 5.41) is 17.5. The molecular formula is C6H13O4P. The average Bonchev–Trinajstić information content (AvgIpc) is 2.32. The van der Waals surface area contributed by atoms with Crippen LogP contribution in [0.25, 0.3) is 0 Å². The molecule has 66 valence electrons. The Morgan fingerprint density at radius 2 is 2.00 bits per heavy atom. The van der Waals surface area contributed by atoms with Gasteiger partial charge in [0.2, 0.25) is 0 Å². The Balaban J connectivity index is 3.01. The van der Waals surface area contributed by atoms with Gasteiger partial charge in [0.05, 0.1) is 0 Å². The summed E-state index contributed by atoms with van der Waals surface area (Å²) >= 11 is 0. The highest BCUT2D eigenvalue weighted by molar-refractivity contribution is 7.70. The molecule has 0 aliphatic carbocycles. The Morgan fingerprint density at radius 1 is 1.55 bits per heavy atom. The third-order valence-electron chi connectivity index (χ3n) is 2.68. The Bertz CT molecular complexity index is 225. The van der Waals surface area contributed by atoms with Gasteiger partial charge < -0.3 is 14.7 Å². The third kappa shape index (κ3) is 0.687. The summed E-state index contributed by atoms with van der Waals surface area (Å²) in [6.07, 6.45) is 0.436. The maximum Gasteiger partial charge on any atom is 0.272 e. The summed E-state index contributed by atoms with van der Waals surface area (Å²) in [4.78, 5) is 0. The molecule has 1 aliphatic heterocycles. The molecule has 1 rings (SSSR count). The second-order valence-corrected chi connectivity index (χ2v) is 6.08. The van der Waals surface area contributed by atoms with Crippen molar-refractivity contribution in [2.45, 2.75) is 31.0 Å². The van der Waals surface area contributed by atoms with Crippen molar-refractivity contribution in [2.24, 2.45) is 0 Å². The van der Waals surface area contributed by atoms with Crippen molar-refractivity contribution < 1.29 is 19.3 Å². The minimum absolute atomic E-state index is 0.436. The van der Waals surface area contributed by atoms with Crippen molar-refractivity contribution in [3.05, 3.63) is 0 Å². The van der Waals surface area contributed by atoms with Gasteiger partial charge in [-0.1, -0.05) is 6.92 Å². The summed E-state index contributed by atoms with van der Waals surface area (Å²) in [6.45, 7) is 3.30. The Hall–Kier alpha value is 0.110. The van der Waals surface area contributed by atoms with Crippen LogP contribution in [-0.2, 0) is 9.09 Å². The summed E-state index contributed by atoms with van der Waals surface area (Å²) in [6, 6.07) is 0. The van der Waals surface area contributed by atoms with E-state index in [1.54, 1.807) is 13.8 Å². The van der Waals surface area contributed by atoms with Gasteiger partial charge in [-0.25, -0.2) is 0 Å². The van der Waals surface area contributed by atoms with Crippen LogP contribution in [0.5, 0.6) is 0 Å². The molecule has 0 aromatic heterocycles. The molecule has 5 heteroatoms. The van der Waals surface area contributed by atoms with Gasteiger partial charge in [0.25, 0.3) is 12.9 Å². The molecule has 0 spiro atoms. The standard InChI is InChI=1S/C6H13O4P/c1-4-5(2)6(7,8)11(5,9)10-3/h7-8H,4H2,1-3H3. The van der Waals surface area contributed by atoms with Crippen LogP contribution in [0.1, 0.15) is 20.3 Å². The minimum Gasteiger partial charge on any atom is -0.357 e. The highest BCUT2D eigenvalue weighted by Crippen LogP contribution is 2.88. The van der Waals surface area contributed by atoms with Gasteiger partial charge in [-0.05, 0) is 13.3 Å². The predicted molar refractivity (Wildman–Crippen MR) is 40.5 cm³/mol. The fourth-order valence-electron chi connectivity index (χ4n) is 1.37. The van der Waals surface area contributed by atoms with Crippen molar-refractivity contribution >= 4 is 7.37 Å². The van der Waals surface area contributed by atoms with E-state index in [0.29, 0.717) is 6.42 Å². The predicted octanol–water partition coefficient (Wildman–Crippen LogP) is 0.732. The van der Waals surface area contributed by atoms with Crippen LogP contribution in [0, 0.1) is 0 Å². The molecule has 2 N–H and O–H groups in total. The zero-order chi connectivity index (χ0) is 8.91. The molecule has 4 nitrogen and oxygen atoms in total. The highest BCUT2D eigenvalue weighted by Gasteiger charge is 2.85. The molecule has 2 atom stereocenters. The van der Waals surface area contributed by atoms with Gasteiger partial charge in [-0.15, -0.1) is 0 Å². The van der Waals surface area contributed by atoms with E-state index in [2.05, 4.69) is 4.52 Å². The van der Waals surface area contributed by atoms with Gasteiger partial charge in [0.1, 0.15) is 5.16 Å². The van der Waals surface area contributed by atoms with Crippen molar-refractivity contribution in [2.75, 3.05) is 7.11 Å². The monoisotopic (exact) mass is 180 g/mol. The molecule has 0 aromatic carbocycles. The van der Waals surface area contributed by atoms with Crippen LogP contribution in [-0.4, -0.2) is 28.0 Å². The number of aliphatic hydroxyl groups is 2. The molecule has 1 fully saturated rings. The lowest BCUT2D eigenvalue weighted by atomic mass is 10.1. The first-order valence-corrected chi connectivity index (χ1v) is 5.10. The van der Waals surface area contributed by atoms with Gasteiger partial charge >= 0.3 is 0 Å². The average molecular weight is 180 g/mol. The molecule has 1 saturated heterocycles. The van der Waals surface area contributed by atoms with E-state index in [0.717, 1.165) is 0 Å². The van der Waals surface area contributed by atoms with E-state index in [1.807, 2.05) is 0 Å². The lowest BCUT2D eigenvalue weighted by Crippen LogP contribution is -2.20. The quantitative estimate of drug-likeness (QED) is 0.485. The number of hydrogen-bond acceptors (Lipinski definition) is 4. The molecule has 11 heavy (non-hydrogen) atoms. The first-order chi connectivity index (χ1) is 4.87. The molecule has 0 aromatic rings. The first-order valence-electron chi connectivity index (χ1n) is 3.48. The molecule has 0 saturated carbocycles. The van der Waals surface area contributed by atoms with E-state index < -0.39 is 18.1 Å². The third-order valence-corrected chi connectivity index (χ3v) is 6.21. The lowest BCUT2D eigenvalue weighted by molar-refractivity contribution is -0.0691. The van der Waals surface area contributed by atoms with Crippen LogP contribution in [0.4, 0.5) is 0 Å². The SMILES string of the molecule is CCC1(C)C(O)(O)P1(=O)OC. The Kier molecular flexibility index (Phi) is 1.74. The fraction of sp³-hybridized carbons (Fsp3) is 1.00. The lowest BCUT2D eigenvalue weighted by Gasteiger charge is -2.02. The van der Waals surface area contributed by atoms with E-state index in [1.165, 1.54) is 7.11 Å². The van der Waals surface area contributed by atoms with Crippen LogP contribution in [0.3, 0.4) is 0 Å². The topological polar surface area (TPSA) is 66.8 Å². The van der Waals surface area contributed by atoms with E-state index in [9.17, 15) is 14.8 Å². The van der Waals surface area contributed by atoms with E-state index in [4.69, 9.17) is 0 Å². The zero-order valence-electron chi connectivity index (χ0n) is 6.87. The van der Waals surface area contributed by atoms with Gasteiger partial charge in [0.15, 0.2) is 0 Å². The van der Waals surface area contributed by atoms with Gasteiger partial charge in [0, 0.05) is 7.11 Å². The Morgan fingerprint density at radius 3 is 2.09 bits per heavy atom. The second kappa shape index (κ2) is 2.07. The number of hydrogen-bond donors (Lipinski definition) is 2. The summed E-state index contributed by atoms with van der Waals surface area (Å²) in [5.74, 6) is 0. The van der Waals surface area contributed by atoms with Crippen molar-refractivity contribution in [1.82, 2.24) is 0 Å². The normalized spacial score (nSPS) is 47.4. The minimum atomic E-state index is -3.21. The molecule has 2 unspecified atom stereocenters. The molecule has 1 heterocycles. The zero-order valence-corrected chi connectivity index (χ0v) is 7.76. The van der Waals surface area contributed by atoms with Crippen molar-refractivity contribution in [3.63, 3.8) is 0 Å². The molecule has 0 bridgehead atoms. The molecule has 1 aliphatic rings. The van der Waals surface area contributed by atoms with E-state index >= 15 is 0 Å². The van der Waals surface area contributed by atoms with Gasteiger partial charge in [-0.2, -0.15) is 0 Å². The van der Waals surface area contributed by atoms with E-state index in [-0.39, 0.29) is 0 Å². The maximum absolute atomic E-state index is 11.5. The summed E-state index contributed by atoms with van der Waals surface area (Å²) in [7, 11) is -1.97. The molecular weight excluding hydrogens is 167 g/mol. The van der Waals surface area contributed by atoms with Gasteiger partial charge in [-0.3, -0.25) is 4.57 Å².